The lowest BCUT2D eigenvalue weighted by atomic mass is 10.0. The van der Waals surface area contributed by atoms with Gasteiger partial charge in [0.05, 0.1) is 5.56 Å². The zero-order valence-corrected chi connectivity index (χ0v) is 13.6. The predicted molar refractivity (Wildman–Crippen MR) is 85.8 cm³/mol. The van der Waals surface area contributed by atoms with Crippen LogP contribution in [0.3, 0.4) is 0 Å². The van der Waals surface area contributed by atoms with Crippen LogP contribution in [0.15, 0.2) is 29.2 Å². The molecule has 4 nitrogen and oxygen atoms in total. The zero-order chi connectivity index (χ0) is 15.8. The summed E-state index contributed by atoms with van der Waals surface area (Å²) in [7, 11) is 0. The summed E-state index contributed by atoms with van der Waals surface area (Å²) in [4.78, 5) is 23.9. The fourth-order valence-electron chi connectivity index (χ4n) is 1.91. The highest BCUT2D eigenvalue weighted by atomic mass is 32.2. The minimum Gasteiger partial charge on any atom is -0.480 e. The Morgan fingerprint density at radius 3 is 2.43 bits per heavy atom. The van der Waals surface area contributed by atoms with E-state index in [1.165, 1.54) is 11.8 Å². The third-order valence-electron chi connectivity index (χ3n) is 3.49. The molecule has 1 rings (SSSR count). The summed E-state index contributed by atoms with van der Waals surface area (Å²) in [6.07, 6.45) is 2.06. The summed E-state index contributed by atoms with van der Waals surface area (Å²) in [5, 5.41) is 11.4. The summed E-state index contributed by atoms with van der Waals surface area (Å²) in [6, 6.07) is 7.13. The van der Waals surface area contributed by atoms with Gasteiger partial charge in [0, 0.05) is 11.4 Å². The first-order valence-corrected chi connectivity index (χ1v) is 8.14. The Hall–Kier alpha value is -1.49. The molecule has 0 fully saturated rings. The van der Waals surface area contributed by atoms with Gasteiger partial charge in [-0.25, -0.2) is 0 Å². The third kappa shape index (κ3) is 5.42. The number of carboxylic acids is 1. The predicted octanol–water partition coefficient (Wildman–Crippen LogP) is 3.42. The maximum absolute atomic E-state index is 12.3. The van der Waals surface area contributed by atoms with Crippen molar-refractivity contribution >= 4 is 23.6 Å². The molecule has 0 aliphatic rings. The van der Waals surface area contributed by atoms with Gasteiger partial charge in [-0.15, -0.1) is 11.8 Å². The van der Waals surface area contributed by atoms with Crippen molar-refractivity contribution in [2.24, 2.45) is 5.92 Å². The lowest BCUT2D eigenvalue weighted by Gasteiger charge is -2.15. The smallest absolute Gasteiger partial charge is 0.316 e. The van der Waals surface area contributed by atoms with Gasteiger partial charge >= 0.3 is 5.97 Å². The van der Waals surface area contributed by atoms with E-state index in [-0.39, 0.29) is 5.91 Å². The van der Waals surface area contributed by atoms with Crippen LogP contribution in [-0.4, -0.2) is 28.8 Å². The molecule has 0 saturated carbocycles. The van der Waals surface area contributed by atoms with E-state index in [0.717, 1.165) is 12.8 Å². The van der Waals surface area contributed by atoms with Crippen molar-refractivity contribution in [2.75, 3.05) is 6.54 Å². The Bertz CT molecular complexity index is 486. The van der Waals surface area contributed by atoms with Gasteiger partial charge in [-0.1, -0.05) is 38.8 Å². The number of carbonyl (C=O) groups excluding carboxylic acids is 1. The molecule has 0 radical (unpaired) electrons. The van der Waals surface area contributed by atoms with Gasteiger partial charge in [-0.05, 0) is 25.0 Å². The van der Waals surface area contributed by atoms with E-state index in [4.69, 9.17) is 5.11 Å². The Morgan fingerprint density at radius 1 is 1.24 bits per heavy atom. The molecule has 1 atom stereocenters. The molecule has 1 aromatic rings. The number of aliphatic carboxylic acids is 1. The summed E-state index contributed by atoms with van der Waals surface area (Å²) in [6.45, 7) is 6.49. The lowest BCUT2D eigenvalue weighted by Crippen LogP contribution is -2.29. The van der Waals surface area contributed by atoms with Crippen LogP contribution in [0.2, 0.25) is 0 Å². The van der Waals surface area contributed by atoms with E-state index >= 15 is 0 Å². The summed E-state index contributed by atoms with van der Waals surface area (Å²) < 4.78 is 0. The molecule has 2 N–H and O–H groups in total. The van der Waals surface area contributed by atoms with E-state index in [1.807, 2.05) is 6.07 Å². The molecule has 0 aliphatic heterocycles. The molecule has 5 heteroatoms. The van der Waals surface area contributed by atoms with Crippen LogP contribution < -0.4 is 5.32 Å². The normalized spacial score (nSPS) is 12.2. The minimum atomic E-state index is -0.882. The minimum absolute atomic E-state index is 0.136. The Morgan fingerprint density at radius 2 is 1.86 bits per heavy atom. The van der Waals surface area contributed by atoms with Gasteiger partial charge in [-0.3, -0.25) is 9.59 Å². The second kappa shape index (κ2) is 8.72. The summed E-state index contributed by atoms with van der Waals surface area (Å²) >= 11 is 1.19. The van der Waals surface area contributed by atoms with Gasteiger partial charge in [0.15, 0.2) is 0 Å². The molecule has 1 unspecified atom stereocenters. The second-order valence-electron chi connectivity index (χ2n) is 4.99. The molecule has 0 spiro atoms. The monoisotopic (exact) mass is 309 g/mol. The third-order valence-corrected chi connectivity index (χ3v) is 4.65. The number of amides is 1. The van der Waals surface area contributed by atoms with Crippen molar-refractivity contribution in [3.8, 4) is 0 Å². The Labute approximate surface area is 130 Å². The maximum Gasteiger partial charge on any atom is 0.316 e. The van der Waals surface area contributed by atoms with E-state index in [1.54, 1.807) is 25.1 Å². The Kier molecular flexibility index (Phi) is 7.29. The first-order valence-electron chi connectivity index (χ1n) is 7.26. The summed E-state index contributed by atoms with van der Waals surface area (Å²) in [5.74, 6) is -0.540. The number of hydrogen-bond donors (Lipinski definition) is 2. The van der Waals surface area contributed by atoms with Crippen molar-refractivity contribution in [1.82, 2.24) is 5.32 Å². The number of rotatable bonds is 8. The van der Waals surface area contributed by atoms with Crippen molar-refractivity contribution in [3.63, 3.8) is 0 Å². The molecule has 21 heavy (non-hydrogen) atoms. The summed E-state index contributed by atoms with van der Waals surface area (Å²) in [5.41, 5.74) is 0.543. The number of hydrogen-bond acceptors (Lipinski definition) is 3. The highest BCUT2D eigenvalue weighted by Crippen LogP contribution is 2.27. The van der Waals surface area contributed by atoms with Crippen LogP contribution in [0, 0.1) is 5.92 Å². The molecule has 1 amide bonds. The molecule has 0 aromatic heterocycles. The molecule has 0 heterocycles. The lowest BCUT2D eigenvalue weighted by molar-refractivity contribution is -0.136. The highest BCUT2D eigenvalue weighted by molar-refractivity contribution is 8.00. The van der Waals surface area contributed by atoms with Crippen LogP contribution in [0.25, 0.3) is 0 Å². The average molecular weight is 309 g/mol. The fraction of sp³-hybridized carbons (Fsp3) is 0.500. The quantitative estimate of drug-likeness (QED) is 0.722. The number of thioether (sulfide) groups is 1. The molecule has 0 aliphatic carbocycles. The van der Waals surface area contributed by atoms with Gasteiger partial charge in [0.2, 0.25) is 0 Å². The van der Waals surface area contributed by atoms with Gasteiger partial charge in [0.25, 0.3) is 5.91 Å². The molecule has 0 saturated heterocycles. The van der Waals surface area contributed by atoms with Gasteiger partial charge < -0.3 is 10.4 Å². The number of benzene rings is 1. The molecular formula is C16H23NO3S. The first kappa shape index (κ1) is 17.6. The van der Waals surface area contributed by atoms with Gasteiger partial charge in [0.1, 0.15) is 5.25 Å². The van der Waals surface area contributed by atoms with Crippen molar-refractivity contribution in [3.05, 3.63) is 29.8 Å². The van der Waals surface area contributed by atoms with Crippen molar-refractivity contribution < 1.29 is 14.7 Å². The molecule has 0 bridgehead atoms. The van der Waals surface area contributed by atoms with E-state index in [2.05, 4.69) is 19.2 Å². The maximum atomic E-state index is 12.3. The average Bonchev–Trinajstić information content (AvgIpc) is 2.48. The van der Waals surface area contributed by atoms with Crippen molar-refractivity contribution in [1.29, 1.82) is 0 Å². The topological polar surface area (TPSA) is 66.4 Å². The van der Waals surface area contributed by atoms with E-state index < -0.39 is 11.2 Å². The van der Waals surface area contributed by atoms with Gasteiger partial charge in [-0.2, -0.15) is 0 Å². The fourth-order valence-corrected chi connectivity index (χ4v) is 2.83. The standard InChI is InChI=1S/C16H23NO3S/c1-4-12(5-2)10-17-15(18)13-8-6-7-9-14(13)21-11(3)16(19)20/h6-9,11-12H,4-5,10H2,1-3H3,(H,17,18)(H,19,20). The van der Waals surface area contributed by atoms with Crippen LogP contribution in [0.4, 0.5) is 0 Å². The number of carbonyl (C=O) groups is 2. The van der Waals surface area contributed by atoms with Crippen molar-refractivity contribution in [2.45, 2.75) is 43.8 Å². The van der Waals surface area contributed by atoms with E-state index in [0.29, 0.717) is 22.9 Å². The Balaban J connectivity index is 2.77. The van der Waals surface area contributed by atoms with Crippen LogP contribution in [0.1, 0.15) is 44.0 Å². The second-order valence-corrected chi connectivity index (χ2v) is 6.37. The molecular weight excluding hydrogens is 286 g/mol. The highest BCUT2D eigenvalue weighted by Gasteiger charge is 2.18. The molecule has 1 aromatic carbocycles. The van der Waals surface area contributed by atoms with Crippen LogP contribution >= 0.6 is 11.8 Å². The number of nitrogens with one attached hydrogen (secondary N) is 1. The van der Waals surface area contributed by atoms with Crippen LogP contribution in [-0.2, 0) is 4.79 Å². The SMILES string of the molecule is CCC(CC)CNC(=O)c1ccccc1SC(C)C(=O)O. The first-order chi connectivity index (χ1) is 9.99. The zero-order valence-electron chi connectivity index (χ0n) is 12.8. The van der Waals surface area contributed by atoms with Crippen LogP contribution in [0.5, 0.6) is 0 Å². The van der Waals surface area contributed by atoms with E-state index in [9.17, 15) is 9.59 Å². The number of carboxylic acid groups (broad SMARTS) is 1. The molecule has 116 valence electrons. The largest absolute Gasteiger partial charge is 0.480 e.